The summed E-state index contributed by atoms with van der Waals surface area (Å²) in [4.78, 5) is 13.4. The first-order valence-corrected chi connectivity index (χ1v) is 10.9. The van der Waals surface area contributed by atoms with E-state index < -0.39 is 0 Å². The zero-order chi connectivity index (χ0) is 23.6. The lowest BCUT2D eigenvalue weighted by molar-refractivity contribution is 0.235. The van der Waals surface area contributed by atoms with Crippen molar-refractivity contribution in [2.45, 2.75) is 53.6 Å². The molecule has 0 saturated carbocycles. The molecule has 0 aliphatic carbocycles. The fourth-order valence-corrected chi connectivity index (χ4v) is 3.53. The molecule has 170 valence electrons. The van der Waals surface area contributed by atoms with E-state index in [1.54, 1.807) is 6.07 Å². The van der Waals surface area contributed by atoms with Crippen LogP contribution in [0.3, 0.4) is 0 Å². The molecule has 1 N–H and O–H groups in total. The lowest BCUT2D eigenvalue weighted by Gasteiger charge is -2.18. The largest absolute Gasteiger partial charge is 0.467 e. The maximum Gasteiger partial charge on any atom is 0.264 e. The summed E-state index contributed by atoms with van der Waals surface area (Å²) in [5.74, 6) is 1.82. The lowest BCUT2D eigenvalue weighted by atomic mass is 9.87. The average Bonchev–Trinajstić information content (AvgIpc) is 3.20. The van der Waals surface area contributed by atoms with Crippen LogP contribution in [0.1, 0.15) is 49.0 Å². The molecule has 0 fully saturated rings. The van der Waals surface area contributed by atoms with Crippen molar-refractivity contribution >= 4 is 11.6 Å². The lowest BCUT2D eigenvalue weighted by Crippen LogP contribution is -2.10. The first kappa shape index (κ1) is 22.5. The zero-order valence-electron chi connectivity index (χ0n) is 19.9. The van der Waals surface area contributed by atoms with Crippen molar-refractivity contribution in [1.29, 1.82) is 0 Å². The summed E-state index contributed by atoms with van der Waals surface area (Å²) < 4.78 is 11.2. The van der Waals surface area contributed by atoms with Crippen LogP contribution in [-0.2, 0) is 12.0 Å². The molecule has 0 radical (unpaired) electrons. The van der Waals surface area contributed by atoms with Gasteiger partial charge in [0.15, 0.2) is 6.61 Å². The van der Waals surface area contributed by atoms with E-state index in [2.05, 4.69) is 78.2 Å². The van der Waals surface area contributed by atoms with Gasteiger partial charge in [-0.2, -0.15) is 9.97 Å². The Hall–Kier alpha value is -3.74. The van der Waals surface area contributed by atoms with Crippen molar-refractivity contribution < 1.29 is 9.26 Å². The van der Waals surface area contributed by atoms with Crippen LogP contribution in [0.5, 0.6) is 5.88 Å². The predicted octanol–water partition coefficient (Wildman–Crippen LogP) is 6.07. The number of aromatic nitrogens is 4. The van der Waals surface area contributed by atoms with E-state index in [1.165, 1.54) is 16.7 Å². The molecule has 0 aliphatic heterocycles. The van der Waals surface area contributed by atoms with E-state index in [0.29, 0.717) is 23.5 Å². The SMILES string of the molecule is Cc1cc(C)cc(Nc2nc(C)cc(OCc3nc(-c4ccc(C(C)(C)C)cc4)no3)n2)c1. The van der Waals surface area contributed by atoms with Crippen molar-refractivity contribution in [1.82, 2.24) is 20.1 Å². The molecule has 7 nitrogen and oxygen atoms in total. The molecule has 0 spiro atoms. The van der Waals surface area contributed by atoms with Crippen LogP contribution >= 0.6 is 0 Å². The summed E-state index contributed by atoms with van der Waals surface area (Å²) >= 11 is 0. The number of rotatable bonds is 6. The van der Waals surface area contributed by atoms with Gasteiger partial charge in [-0.05, 0) is 55.0 Å². The summed E-state index contributed by atoms with van der Waals surface area (Å²) in [6.07, 6.45) is 0. The van der Waals surface area contributed by atoms with Gasteiger partial charge in [0.1, 0.15) is 0 Å². The van der Waals surface area contributed by atoms with Gasteiger partial charge in [-0.3, -0.25) is 0 Å². The molecule has 0 saturated heterocycles. The summed E-state index contributed by atoms with van der Waals surface area (Å²) in [6.45, 7) is 12.7. The summed E-state index contributed by atoms with van der Waals surface area (Å²) in [7, 11) is 0. The monoisotopic (exact) mass is 443 g/mol. The minimum atomic E-state index is 0.0936. The zero-order valence-corrected chi connectivity index (χ0v) is 19.9. The fourth-order valence-electron chi connectivity index (χ4n) is 3.53. The molecule has 2 heterocycles. The molecule has 0 aliphatic rings. The molecule has 0 amide bonds. The number of anilines is 2. The number of benzene rings is 2. The van der Waals surface area contributed by atoms with Gasteiger partial charge in [-0.15, -0.1) is 0 Å². The van der Waals surface area contributed by atoms with Gasteiger partial charge >= 0.3 is 0 Å². The Balaban J connectivity index is 1.44. The van der Waals surface area contributed by atoms with E-state index in [0.717, 1.165) is 16.9 Å². The number of nitrogens with one attached hydrogen (secondary N) is 1. The van der Waals surface area contributed by atoms with E-state index in [1.807, 2.05) is 31.2 Å². The third-order valence-electron chi connectivity index (χ3n) is 5.13. The Labute approximate surface area is 194 Å². The van der Waals surface area contributed by atoms with Crippen molar-refractivity contribution in [3.8, 4) is 17.3 Å². The fraction of sp³-hybridized carbons (Fsp3) is 0.308. The Bertz CT molecular complexity index is 1240. The molecule has 0 atom stereocenters. The molecular weight excluding hydrogens is 414 g/mol. The van der Waals surface area contributed by atoms with Crippen molar-refractivity contribution in [2.24, 2.45) is 0 Å². The van der Waals surface area contributed by atoms with Crippen molar-refractivity contribution in [3.05, 3.63) is 76.8 Å². The van der Waals surface area contributed by atoms with Crippen LogP contribution < -0.4 is 10.1 Å². The number of hydrogen-bond donors (Lipinski definition) is 1. The topological polar surface area (TPSA) is 86.0 Å². The van der Waals surface area contributed by atoms with Gasteiger partial charge in [0, 0.05) is 23.0 Å². The highest BCUT2D eigenvalue weighted by Gasteiger charge is 2.15. The number of nitrogens with zero attached hydrogens (tertiary/aromatic N) is 4. The maximum absolute atomic E-state index is 5.82. The summed E-state index contributed by atoms with van der Waals surface area (Å²) in [5.41, 5.74) is 6.30. The van der Waals surface area contributed by atoms with Crippen LogP contribution in [0.2, 0.25) is 0 Å². The van der Waals surface area contributed by atoms with Gasteiger partial charge in [-0.1, -0.05) is 56.3 Å². The molecule has 7 heteroatoms. The average molecular weight is 444 g/mol. The van der Waals surface area contributed by atoms with Crippen LogP contribution in [0, 0.1) is 20.8 Å². The van der Waals surface area contributed by atoms with E-state index >= 15 is 0 Å². The van der Waals surface area contributed by atoms with Crippen LogP contribution in [-0.4, -0.2) is 20.1 Å². The smallest absolute Gasteiger partial charge is 0.264 e. The Kier molecular flexibility index (Phi) is 6.14. The van der Waals surface area contributed by atoms with Crippen LogP contribution in [0.15, 0.2) is 53.1 Å². The third kappa shape index (κ3) is 5.74. The Morgan fingerprint density at radius 1 is 0.879 bits per heavy atom. The summed E-state index contributed by atoms with van der Waals surface area (Å²) in [5, 5.41) is 7.34. The third-order valence-corrected chi connectivity index (χ3v) is 5.13. The molecule has 2 aromatic heterocycles. The molecule has 4 aromatic rings. The molecular formula is C26H29N5O2. The van der Waals surface area contributed by atoms with Crippen LogP contribution in [0.4, 0.5) is 11.6 Å². The second-order valence-electron chi connectivity index (χ2n) is 9.30. The minimum absolute atomic E-state index is 0.0936. The maximum atomic E-state index is 5.82. The van der Waals surface area contributed by atoms with Crippen LogP contribution in [0.25, 0.3) is 11.4 Å². The standard InChI is InChI=1S/C26H29N5O2/c1-16-11-17(2)13-21(12-16)28-25-27-18(3)14-22(30-25)32-15-23-29-24(31-33-23)19-7-9-20(10-8-19)26(4,5)6/h7-14H,15H2,1-6H3,(H,27,28,30). The highest BCUT2D eigenvalue weighted by molar-refractivity contribution is 5.57. The van der Waals surface area contributed by atoms with Gasteiger partial charge in [0.05, 0.1) is 0 Å². The number of ether oxygens (including phenoxy) is 1. The molecule has 0 bridgehead atoms. The summed E-state index contributed by atoms with van der Waals surface area (Å²) in [6, 6.07) is 16.2. The van der Waals surface area contributed by atoms with E-state index in [9.17, 15) is 0 Å². The highest BCUT2D eigenvalue weighted by Crippen LogP contribution is 2.25. The Morgan fingerprint density at radius 3 is 2.24 bits per heavy atom. The van der Waals surface area contributed by atoms with Gasteiger partial charge in [-0.25, -0.2) is 4.98 Å². The number of hydrogen-bond acceptors (Lipinski definition) is 7. The highest BCUT2D eigenvalue weighted by atomic mass is 16.5. The second-order valence-corrected chi connectivity index (χ2v) is 9.30. The minimum Gasteiger partial charge on any atom is -0.467 e. The van der Waals surface area contributed by atoms with Gasteiger partial charge < -0.3 is 14.6 Å². The predicted molar refractivity (Wildman–Crippen MR) is 129 cm³/mol. The quantitative estimate of drug-likeness (QED) is 0.387. The molecule has 0 unspecified atom stereocenters. The second kappa shape index (κ2) is 9.02. The van der Waals surface area contributed by atoms with Gasteiger partial charge in [0.2, 0.25) is 17.7 Å². The van der Waals surface area contributed by atoms with Crippen molar-refractivity contribution in [3.63, 3.8) is 0 Å². The molecule has 4 rings (SSSR count). The molecule has 2 aromatic carbocycles. The van der Waals surface area contributed by atoms with Crippen molar-refractivity contribution in [2.75, 3.05) is 5.32 Å². The molecule has 33 heavy (non-hydrogen) atoms. The van der Waals surface area contributed by atoms with Gasteiger partial charge in [0.25, 0.3) is 5.89 Å². The van der Waals surface area contributed by atoms with E-state index in [-0.39, 0.29) is 12.0 Å². The number of aryl methyl sites for hydroxylation is 3. The first-order valence-electron chi connectivity index (χ1n) is 10.9. The van der Waals surface area contributed by atoms with E-state index in [4.69, 9.17) is 9.26 Å². The normalized spacial score (nSPS) is 11.5. The first-order chi connectivity index (χ1) is 15.7. The Morgan fingerprint density at radius 2 is 1.58 bits per heavy atom.